The molecule has 0 unspecified atom stereocenters. The average molecular weight is 208 g/mol. The summed E-state index contributed by atoms with van der Waals surface area (Å²) in [5.41, 5.74) is 0. The summed E-state index contributed by atoms with van der Waals surface area (Å²) >= 11 is 0. The molecule has 0 radical (unpaired) electrons. The fraction of sp³-hybridized carbons (Fsp3) is 0.583. The monoisotopic (exact) mass is 208 g/mol. The van der Waals surface area contributed by atoms with Crippen molar-refractivity contribution in [1.82, 2.24) is 0 Å². The summed E-state index contributed by atoms with van der Waals surface area (Å²) in [4.78, 5) is 0. The molecule has 0 atom stereocenters. The van der Waals surface area contributed by atoms with Crippen LogP contribution in [0.4, 0.5) is 0 Å². The first kappa shape index (κ1) is 10.4. The summed E-state index contributed by atoms with van der Waals surface area (Å²) in [6, 6.07) is 3.95. The Labute approximate surface area is 90.3 Å². The number of nitrogens with zero attached hydrogens (tertiary/aromatic N) is 1. The number of aromatic nitrogens is 1. The van der Waals surface area contributed by atoms with Gasteiger partial charge < -0.3 is 9.84 Å². The third kappa shape index (κ3) is 2.93. The Morgan fingerprint density at radius 1 is 1.20 bits per heavy atom. The van der Waals surface area contributed by atoms with Crippen LogP contribution >= 0.6 is 0 Å². The standard InChI is InChI=1S/C12H18NO2/c1-13-8-6-12(7-9-13)15-11-4-2-10(14)3-5-11/h6-11,14H,2-5H2,1H3/q+1. The molecule has 0 saturated heterocycles. The SMILES string of the molecule is C[n+]1ccc(OC2CCC(O)CC2)cc1. The van der Waals surface area contributed by atoms with E-state index in [1.54, 1.807) is 0 Å². The molecule has 3 heteroatoms. The number of pyridine rings is 1. The first-order chi connectivity index (χ1) is 7.24. The highest BCUT2D eigenvalue weighted by Crippen LogP contribution is 2.22. The maximum Gasteiger partial charge on any atom is 0.172 e. The predicted octanol–water partition coefficient (Wildman–Crippen LogP) is 1.19. The lowest BCUT2D eigenvalue weighted by atomic mass is 9.95. The highest BCUT2D eigenvalue weighted by atomic mass is 16.5. The average Bonchev–Trinajstić information content (AvgIpc) is 2.25. The number of hydrogen-bond acceptors (Lipinski definition) is 2. The second-order valence-corrected chi connectivity index (χ2v) is 4.25. The van der Waals surface area contributed by atoms with Crippen LogP contribution in [0, 0.1) is 0 Å². The van der Waals surface area contributed by atoms with Crippen LogP contribution in [-0.4, -0.2) is 17.3 Å². The van der Waals surface area contributed by atoms with Gasteiger partial charge in [-0.05, 0) is 25.7 Å². The van der Waals surface area contributed by atoms with Gasteiger partial charge in [0.05, 0.1) is 12.2 Å². The molecule has 1 saturated carbocycles. The Morgan fingerprint density at radius 3 is 2.40 bits per heavy atom. The Hall–Kier alpha value is -1.09. The molecule has 0 bridgehead atoms. The molecule has 0 aliphatic heterocycles. The maximum atomic E-state index is 9.37. The van der Waals surface area contributed by atoms with Gasteiger partial charge in [-0.25, -0.2) is 4.57 Å². The Kier molecular flexibility index (Phi) is 3.21. The lowest BCUT2D eigenvalue weighted by Crippen LogP contribution is -2.28. The normalized spacial score (nSPS) is 26.3. The van der Waals surface area contributed by atoms with Gasteiger partial charge in [-0.2, -0.15) is 0 Å². The van der Waals surface area contributed by atoms with E-state index in [9.17, 15) is 5.11 Å². The van der Waals surface area contributed by atoms with Crippen molar-refractivity contribution < 1.29 is 14.4 Å². The van der Waals surface area contributed by atoms with Gasteiger partial charge in [0.2, 0.25) is 0 Å². The number of rotatable bonds is 2. The van der Waals surface area contributed by atoms with Crippen LogP contribution in [0.5, 0.6) is 5.75 Å². The van der Waals surface area contributed by atoms with Crippen LogP contribution < -0.4 is 9.30 Å². The van der Waals surface area contributed by atoms with Crippen molar-refractivity contribution in [3.63, 3.8) is 0 Å². The zero-order valence-electron chi connectivity index (χ0n) is 9.10. The van der Waals surface area contributed by atoms with E-state index >= 15 is 0 Å². The fourth-order valence-electron chi connectivity index (χ4n) is 1.92. The molecule has 0 spiro atoms. The molecule has 1 aliphatic carbocycles. The Balaban J connectivity index is 1.89. The smallest absolute Gasteiger partial charge is 0.172 e. The van der Waals surface area contributed by atoms with Gasteiger partial charge in [-0.1, -0.05) is 0 Å². The summed E-state index contributed by atoms with van der Waals surface area (Å²) in [5.74, 6) is 0.925. The highest BCUT2D eigenvalue weighted by Gasteiger charge is 2.20. The lowest BCUT2D eigenvalue weighted by molar-refractivity contribution is -0.671. The van der Waals surface area contributed by atoms with Gasteiger partial charge in [0.15, 0.2) is 12.4 Å². The predicted molar refractivity (Wildman–Crippen MR) is 56.5 cm³/mol. The van der Waals surface area contributed by atoms with E-state index in [0.29, 0.717) is 0 Å². The number of ether oxygens (including phenoxy) is 1. The van der Waals surface area contributed by atoms with Crippen molar-refractivity contribution >= 4 is 0 Å². The number of aliphatic hydroxyl groups excluding tert-OH is 1. The van der Waals surface area contributed by atoms with Crippen LogP contribution in [-0.2, 0) is 7.05 Å². The molecular weight excluding hydrogens is 190 g/mol. The number of hydrogen-bond donors (Lipinski definition) is 1. The molecule has 1 aliphatic rings. The quantitative estimate of drug-likeness (QED) is 0.741. The first-order valence-electron chi connectivity index (χ1n) is 5.54. The molecule has 1 heterocycles. The van der Waals surface area contributed by atoms with Crippen LogP contribution in [0.3, 0.4) is 0 Å². The molecule has 82 valence electrons. The van der Waals surface area contributed by atoms with Gasteiger partial charge in [0.25, 0.3) is 0 Å². The van der Waals surface area contributed by atoms with Crippen LogP contribution in [0.1, 0.15) is 25.7 Å². The van der Waals surface area contributed by atoms with Crippen molar-refractivity contribution in [1.29, 1.82) is 0 Å². The molecule has 1 fully saturated rings. The highest BCUT2D eigenvalue weighted by molar-refractivity contribution is 5.15. The second-order valence-electron chi connectivity index (χ2n) is 4.25. The molecule has 15 heavy (non-hydrogen) atoms. The summed E-state index contributed by atoms with van der Waals surface area (Å²) < 4.78 is 7.82. The molecular formula is C12H18NO2+. The molecule has 3 nitrogen and oxygen atoms in total. The fourth-order valence-corrected chi connectivity index (χ4v) is 1.92. The molecule has 0 aromatic carbocycles. The van der Waals surface area contributed by atoms with E-state index in [1.807, 2.05) is 36.1 Å². The minimum atomic E-state index is -0.113. The van der Waals surface area contributed by atoms with E-state index in [-0.39, 0.29) is 12.2 Å². The Morgan fingerprint density at radius 2 is 1.80 bits per heavy atom. The topological polar surface area (TPSA) is 33.3 Å². The summed E-state index contributed by atoms with van der Waals surface area (Å²) in [6.07, 6.45) is 7.78. The molecule has 0 amide bonds. The van der Waals surface area contributed by atoms with E-state index in [2.05, 4.69) is 0 Å². The van der Waals surface area contributed by atoms with Gasteiger partial charge in [0.1, 0.15) is 12.8 Å². The summed E-state index contributed by atoms with van der Waals surface area (Å²) in [7, 11) is 1.99. The Bertz CT molecular complexity index is 302. The van der Waals surface area contributed by atoms with Gasteiger partial charge >= 0.3 is 0 Å². The van der Waals surface area contributed by atoms with Crippen LogP contribution in [0.2, 0.25) is 0 Å². The third-order valence-electron chi connectivity index (χ3n) is 2.89. The first-order valence-corrected chi connectivity index (χ1v) is 5.54. The number of aliphatic hydroxyl groups is 1. The van der Waals surface area contributed by atoms with Gasteiger partial charge in [-0.15, -0.1) is 0 Å². The molecule has 2 rings (SSSR count). The van der Waals surface area contributed by atoms with Crippen molar-refractivity contribution in [3.05, 3.63) is 24.5 Å². The van der Waals surface area contributed by atoms with E-state index in [4.69, 9.17) is 4.74 Å². The minimum Gasteiger partial charge on any atom is -0.490 e. The van der Waals surface area contributed by atoms with Gasteiger partial charge in [-0.3, -0.25) is 0 Å². The molecule has 1 aromatic rings. The van der Waals surface area contributed by atoms with E-state index < -0.39 is 0 Å². The maximum absolute atomic E-state index is 9.37. The van der Waals surface area contributed by atoms with E-state index in [0.717, 1.165) is 31.4 Å². The lowest BCUT2D eigenvalue weighted by Gasteiger charge is -2.25. The second kappa shape index (κ2) is 4.62. The van der Waals surface area contributed by atoms with Crippen molar-refractivity contribution in [2.24, 2.45) is 7.05 Å². The largest absolute Gasteiger partial charge is 0.490 e. The van der Waals surface area contributed by atoms with Crippen LogP contribution in [0.15, 0.2) is 24.5 Å². The molecule has 1 N–H and O–H groups in total. The van der Waals surface area contributed by atoms with Crippen molar-refractivity contribution in [2.45, 2.75) is 37.9 Å². The van der Waals surface area contributed by atoms with Gasteiger partial charge in [0, 0.05) is 12.1 Å². The third-order valence-corrected chi connectivity index (χ3v) is 2.89. The summed E-state index contributed by atoms with van der Waals surface area (Å²) in [6.45, 7) is 0. The minimum absolute atomic E-state index is 0.113. The zero-order valence-corrected chi connectivity index (χ0v) is 9.10. The molecule has 1 aromatic heterocycles. The van der Waals surface area contributed by atoms with Crippen LogP contribution in [0.25, 0.3) is 0 Å². The van der Waals surface area contributed by atoms with E-state index in [1.165, 1.54) is 0 Å². The van der Waals surface area contributed by atoms with Crippen molar-refractivity contribution in [2.75, 3.05) is 0 Å². The van der Waals surface area contributed by atoms with Crippen molar-refractivity contribution in [3.8, 4) is 5.75 Å². The zero-order chi connectivity index (χ0) is 10.7. The summed E-state index contributed by atoms with van der Waals surface area (Å²) in [5, 5.41) is 9.37. The number of aryl methyl sites for hydroxylation is 1.